The average Bonchev–Trinajstić information content (AvgIpc) is 2.75. The number of rotatable bonds is 4. The Labute approximate surface area is 112 Å². The summed E-state index contributed by atoms with van der Waals surface area (Å²) in [6.07, 6.45) is 0. The van der Waals surface area contributed by atoms with Crippen LogP contribution in [0.4, 0.5) is 5.13 Å². The molecule has 0 amide bonds. The molecule has 0 unspecified atom stereocenters. The smallest absolute Gasteiger partial charge is 0.183 e. The molecule has 0 spiro atoms. The maximum absolute atomic E-state index is 4.61. The van der Waals surface area contributed by atoms with E-state index in [0.717, 1.165) is 34.3 Å². The Morgan fingerprint density at radius 1 is 1.22 bits per heavy atom. The van der Waals surface area contributed by atoms with Crippen LogP contribution in [0.5, 0.6) is 0 Å². The number of anilines is 1. The monoisotopic (exact) mass is 261 g/mol. The van der Waals surface area contributed by atoms with E-state index in [0.29, 0.717) is 5.92 Å². The highest BCUT2D eigenvalue weighted by Crippen LogP contribution is 2.26. The van der Waals surface area contributed by atoms with Gasteiger partial charge < -0.3 is 5.32 Å². The quantitative estimate of drug-likeness (QED) is 0.907. The molecule has 2 rings (SSSR count). The van der Waals surface area contributed by atoms with Crippen molar-refractivity contribution in [3.63, 3.8) is 0 Å². The van der Waals surface area contributed by atoms with Crippen molar-refractivity contribution in [2.45, 2.75) is 27.7 Å². The summed E-state index contributed by atoms with van der Waals surface area (Å²) < 4.78 is 0. The van der Waals surface area contributed by atoms with Crippen molar-refractivity contribution in [1.82, 2.24) is 9.97 Å². The molecule has 0 radical (unpaired) electrons. The maximum Gasteiger partial charge on any atom is 0.183 e. The van der Waals surface area contributed by atoms with Crippen molar-refractivity contribution in [1.29, 1.82) is 0 Å². The van der Waals surface area contributed by atoms with Crippen molar-refractivity contribution in [3.05, 3.63) is 28.9 Å². The van der Waals surface area contributed by atoms with Crippen LogP contribution in [0.3, 0.4) is 0 Å². The van der Waals surface area contributed by atoms with Gasteiger partial charge in [-0.2, -0.15) is 0 Å². The molecule has 0 saturated carbocycles. The average molecular weight is 261 g/mol. The van der Waals surface area contributed by atoms with Gasteiger partial charge in [-0.15, -0.1) is 11.3 Å². The van der Waals surface area contributed by atoms with Crippen molar-refractivity contribution in [3.8, 4) is 11.3 Å². The highest BCUT2D eigenvalue weighted by molar-refractivity contribution is 7.14. The normalized spacial score (nSPS) is 10.9. The van der Waals surface area contributed by atoms with E-state index in [1.165, 1.54) is 0 Å². The molecule has 0 aromatic carbocycles. The van der Waals surface area contributed by atoms with Gasteiger partial charge in [-0.25, -0.2) is 4.98 Å². The Morgan fingerprint density at radius 2 is 2.00 bits per heavy atom. The van der Waals surface area contributed by atoms with E-state index in [4.69, 9.17) is 0 Å². The van der Waals surface area contributed by atoms with E-state index in [9.17, 15) is 0 Å². The molecule has 0 aliphatic carbocycles. The summed E-state index contributed by atoms with van der Waals surface area (Å²) >= 11 is 1.65. The standard InChI is InChI=1S/C14H19N3S/c1-9(2)7-15-14-17-13(8-18-14)12-6-5-10(3)16-11(12)4/h5-6,8-9H,7H2,1-4H3,(H,15,17). The van der Waals surface area contributed by atoms with Crippen LogP contribution in [0.2, 0.25) is 0 Å². The Morgan fingerprint density at radius 3 is 2.67 bits per heavy atom. The van der Waals surface area contributed by atoms with Crippen molar-refractivity contribution in [2.24, 2.45) is 5.92 Å². The third-order valence-corrected chi connectivity index (χ3v) is 3.47. The van der Waals surface area contributed by atoms with Gasteiger partial charge in [0.15, 0.2) is 5.13 Å². The second-order valence-electron chi connectivity index (χ2n) is 4.90. The number of aromatic nitrogens is 2. The van der Waals surface area contributed by atoms with Crippen LogP contribution in [0.25, 0.3) is 11.3 Å². The lowest BCUT2D eigenvalue weighted by atomic mass is 10.1. The fourth-order valence-corrected chi connectivity index (χ4v) is 2.45. The van der Waals surface area contributed by atoms with E-state index < -0.39 is 0 Å². The first-order chi connectivity index (χ1) is 8.56. The Balaban J connectivity index is 2.18. The SMILES string of the molecule is Cc1ccc(-c2csc(NCC(C)C)n2)c(C)n1. The third-order valence-electron chi connectivity index (χ3n) is 2.67. The highest BCUT2D eigenvalue weighted by atomic mass is 32.1. The summed E-state index contributed by atoms with van der Waals surface area (Å²) in [5.74, 6) is 0.625. The summed E-state index contributed by atoms with van der Waals surface area (Å²) in [4.78, 5) is 9.09. The molecule has 0 fully saturated rings. The van der Waals surface area contributed by atoms with Crippen LogP contribution in [-0.4, -0.2) is 16.5 Å². The summed E-state index contributed by atoms with van der Waals surface area (Å²) in [5.41, 5.74) is 4.21. The minimum atomic E-state index is 0.625. The maximum atomic E-state index is 4.61. The van der Waals surface area contributed by atoms with Crippen LogP contribution in [0.15, 0.2) is 17.5 Å². The molecule has 4 heteroatoms. The van der Waals surface area contributed by atoms with Gasteiger partial charge in [0, 0.05) is 28.9 Å². The van der Waals surface area contributed by atoms with Crippen LogP contribution in [-0.2, 0) is 0 Å². The Kier molecular flexibility index (Phi) is 3.97. The molecule has 1 N–H and O–H groups in total. The van der Waals surface area contributed by atoms with E-state index >= 15 is 0 Å². The number of nitrogens with zero attached hydrogens (tertiary/aromatic N) is 2. The van der Waals surface area contributed by atoms with Gasteiger partial charge in [0.1, 0.15) is 0 Å². The van der Waals surface area contributed by atoms with Crippen molar-refractivity contribution >= 4 is 16.5 Å². The summed E-state index contributed by atoms with van der Waals surface area (Å²) in [6, 6.07) is 4.13. The molecular weight excluding hydrogens is 242 g/mol. The zero-order chi connectivity index (χ0) is 13.1. The van der Waals surface area contributed by atoms with Crippen molar-refractivity contribution in [2.75, 3.05) is 11.9 Å². The topological polar surface area (TPSA) is 37.8 Å². The van der Waals surface area contributed by atoms with Gasteiger partial charge in [-0.1, -0.05) is 13.8 Å². The first-order valence-electron chi connectivity index (χ1n) is 6.20. The lowest BCUT2D eigenvalue weighted by Crippen LogP contribution is -2.07. The predicted molar refractivity (Wildman–Crippen MR) is 78.1 cm³/mol. The first kappa shape index (κ1) is 13.0. The second kappa shape index (κ2) is 5.48. The molecule has 0 atom stereocenters. The van der Waals surface area contributed by atoms with Gasteiger partial charge in [0.25, 0.3) is 0 Å². The molecular formula is C14H19N3S. The van der Waals surface area contributed by atoms with E-state index in [-0.39, 0.29) is 0 Å². The highest BCUT2D eigenvalue weighted by Gasteiger charge is 2.08. The van der Waals surface area contributed by atoms with E-state index in [1.807, 2.05) is 19.9 Å². The van der Waals surface area contributed by atoms with Gasteiger partial charge in [-0.3, -0.25) is 4.98 Å². The molecule has 0 bridgehead atoms. The summed E-state index contributed by atoms with van der Waals surface area (Å²) in [5, 5.41) is 6.42. The molecule has 0 aliphatic rings. The Bertz CT molecular complexity index is 532. The predicted octanol–water partition coefficient (Wildman–Crippen LogP) is 3.89. The van der Waals surface area contributed by atoms with Crippen LogP contribution in [0.1, 0.15) is 25.2 Å². The zero-order valence-electron chi connectivity index (χ0n) is 11.3. The number of aryl methyl sites for hydroxylation is 2. The molecule has 0 saturated heterocycles. The van der Waals surface area contributed by atoms with Gasteiger partial charge >= 0.3 is 0 Å². The van der Waals surface area contributed by atoms with E-state index in [1.54, 1.807) is 11.3 Å². The fourth-order valence-electron chi connectivity index (χ4n) is 1.73. The molecule has 2 heterocycles. The molecule has 18 heavy (non-hydrogen) atoms. The van der Waals surface area contributed by atoms with Gasteiger partial charge in [0.2, 0.25) is 0 Å². The van der Waals surface area contributed by atoms with Crippen LogP contribution >= 0.6 is 11.3 Å². The summed E-state index contributed by atoms with van der Waals surface area (Å²) in [7, 11) is 0. The molecule has 2 aromatic heterocycles. The molecule has 2 aromatic rings. The number of pyridine rings is 1. The number of hydrogen-bond donors (Lipinski definition) is 1. The summed E-state index contributed by atoms with van der Waals surface area (Å²) in [6.45, 7) is 9.37. The number of hydrogen-bond acceptors (Lipinski definition) is 4. The fraction of sp³-hybridized carbons (Fsp3) is 0.429. The second-order valence-corrected chi connectivity index (χ2v) is 5.76. The molecule has 0 aliphatic heterocycles. The van der Waals surface area contributed by atoms with Crippen molar-refractivity contribution < 1.29 is 0 Å². The first-order valence-corrected chi connectivity index (χ1v) is 7.08. The lowest BCUT2D eigenvalue weighted by Gasteiger charge is -2.05. The van der Waals surface area contributed by atoms with Gasteiger partial charge in [0.05, 0.1) is 5.69 Å². The number of thiazole rings is 1. The minimum absolute atomic E-state index is 0.625. The van der Waals surface area contributed by atoms with Crippen LogP contribution in [0, 0.1) is 19.8 Å². The van der Waals surface area contributed by atoms with E-state index in [2.05, 4.69) is 40.6 Å². The lowest BCUT2D eigenvalue weighted by molar-refractivity contribution is 0.688. The zero-order valence-corrected chi connectivity index (χ0v) is 12.1. The van der Waals surface area contributed by atoms with Gasteiger partial charge in [-0.05, 0) is 31.9 Å². The molecule has 3 nitrogen and oxygen atoms in total. The van der Waals surface area contributed by atoms with Crippen LogP contribution < -0.4 is 5.32 Å². The minimum Gasteiger partial charge on any atom is -0.361 e. The third kappa shape index (κ3) is 3.07. The number of nitrogens with one attached hydrogen (secondary N) is 1. The largest absolute Gasteiger partial charge is 0.361 e. The molecule has 96 valence electrons. The Hall–Kier alpha value is -1.42.